The predicted molar refractivity (Wildman–Crippen MR) is 98.1 cm³/mol. The van der Waals surface area contributed by atoms with Crippen LogP contribution in [0.25, 0.3) is 10.9 Å². The molecule has 0 aliphatic carbocycles. The van der Waals surface area contributed by atoms with Gasteiger partial charge in [0.25, 0.3) is 5.91 Å². The Labute approximate surface area is 156 Å². The second kappa shape index (κ2) is 6.92. The molecule has 0 unspecified atom stereocenters. The number of fused-ring (bicyclic) bond motifs is 1. The Morgan fingerprint density at radius 1 is 1.19 bits per heavy atom. The van der Waals surface area contributed by atoms with Gasteiger partial charge in [-0.15, -0.1) is 0 Å². The molecule has 0 spiro atoms. The van der Waals surface area contributed by atoms with Gasteiger partial charge >= 0.3 is 5.97 Å². The summed E-state index contributed by atoms with van der Waals surface area (Å²) in [6.07, 6.45) is 0.0489. The molecule has 0 radical (unpaired) electrons. The molecule has 0 aliphatic heterocycles. The van der Waals surface area contributed by atoms with Crippen molar-refractivity contribution in [3.63, 3.8) is 0 Å². The van der Waals surface area contributed by atoms with E-state index in [9.17, 15) is 24.2 Å². The average molecular weight is 420 g/mol. The van der Waals surface area contributed by atoms with Gasteiger partial charge in [0.05, 0.1) is 11.9 Å². The van der Waals surface area contributed by atoms with Crippen LogP contribution in [-0.4, -0.2) is 26.7 Å². The monoisotopic (exact) mass is 419 g/mol. The predicted octanol–water partition coefficient (Wildman–Crippen LogP) is 4.13. The smallest absolute Gasteiger partial charge is 0.307 e. The van der Waals surface area contributed by atoms with Crippen LogP contribution in [0.4, 0.5) is 4.39 Å². The normalized spacial score (nSPS) is 11.0. The van der Waals surface area contributed by atoms with Crippen LogP contribution in [0.2, 0.25) is 0 Å². The Bertz CT molecular complexity index is 1020. The van der Waals surface area contributed by atoms with Gasteiger partial charge in [0.15, 0.2) is 11.6 Å². The van der Waals surface area contributed by atoms with E-state index in [4.69, 9.17) is 0 Å². The van der Waals surface area contributed by atoms with Crippen LogP contribution in [0.5, 0.6) is 5.75 Å². The summed E-state index contributed by atoms with van der Waals surface area (Å²) in [5.41, 5.74) is 1.51. The zero-order valence-corrected chi connectivity index (χ0v) is 15.4. The second-order valence-corrected chi connectivity index (χ2v) is 6.73. The van der Waals surface area contributed by atoms with Crippen molar-refractivity contribution in [1.29, 1.82) is 0 Å². The van der Waals surface area contributed by atoms with Crippen molar-refractivity contribution in [2.75, 3.05) is 0 Å². The van der Waals surface area contributed by atoms with E-state index in [1.54, 1.807) is 31.2 Å². The van der Waals surface area contributed by atoms with Crippen molar-refractivity contribution in [3.05, 3.63) is 63.5 Å². The minimum Gasteiger partial charge on any atom is -0.505 e. The Morgan fingerprint density at radius 2 is 1.85 bits per heavy atom. The largest absolute Gasteiger partial charge is 0.505 e. The molecule has 0 amide bonds. The van der Waals surface area contributed by atoms with Crippen molar-refractivity contribution in [3.8, 4) is 5.75 Å². The van der Waals surface area contributed by atoms with E-state index in [0.29, 0.717) is 28.6 Å². The maximum Gasteiger partial charge on any atom is 0.307 e. The summed E-state index contributed by atoms with van der Waals surface area (Å²) in [6.45, 7) is 1.79. The van der Waals surface area contributed by atoms with E-state index < -0.39 is 17.5 Å². The highest BCUT2D eigenvalue weighted by Crippen LogP contribution is 2.33. The molecule has 0 atom stereocenters. The SMILES string of the molecule is CCc1c(CC(=O)O)c2cc(O)c(F)cc2n1C(=O)c1ccc(Br)cc1. The molecule has 2 N–H and O–H groups in total. The second-order valence-electron chi connectivity index (χ2n) is 5.82. The maximum absolute atomic E-state index is 14.0. The maximum atomic E-state index is 14.0. The van der Waals surface area contributed by atoms with Gasteiger partial charge in [-0.05, 0) is 42.3 Å². The average Bonchev–Trinajstić information content (AvgIpc) is 2.87. The summed E-state index contributed by atoms with van der Waals surface area (Å²) in [4.78, 5) is 24.3. The lowest BCUT2D eigenvalue weighted by Crippen LogP contribution is -2.15. The van der Waals surface area contributed by atoms with Gasteiger partial charge in [0.1, 0.15) is 0 Å². The number of phenols is 1. The fraction of sp³-hybridized carbons (Fsp3) is 0.158. The minimum absolute atomic E-state index is 0.237. The fourth-order valence-corrected chi connectivity index (χ4v) is 3.35. The van der Waals surface area contributed by atoms with Crippen LogP contribution in [0.1, 0.15) is 28.5 Å². The van der Waals surface area contributed by atoms with Crippen molar-refractivity contribution in [2.45, 2.75) is 19.8 Å². The highest BCUT2D eigenvalue weighted by molar-refractivity contribution is 9.10. The molecule has 1 aromatic heterocycles. The third kappa shape index (κ3) is 3.10. The van der Waals surface area contributed by atoms with Crippen LogP contribution in [0, 0.1) is 5.82 Å². The van der Waals surface area contributed by atoms with E-state index >= 15 is 0 Å². The first-order chi connectivity index (χ1) is 12.3. The first-order valence-corrected chi connectivity index (χ1v) is 8.69. The number of hydrogen-bond donors (Lipinski definition) is 2. The molecule has 2 aromatic carbocycles. The number of phenolic OH excluding ortho intramolecular Hbond substituents is 1. The number of benzene rings is 2. The van der Waals surface area contributed by atoms with Gasteiger partial charge in [-0.3, -0.25) is 14.2 Å². The standard InChI is InChI=1S/C19H15BrFNO4/c1-2-15-13(8-18(24)25)12-7-17(23)14(21)9-16(12)22(15)19(26)10-3-5-11(20)6-4-10/h3-7,9,23H,2,8H2,1H3,(H,24,25). The van der Waals surface area contributed by atoms with E-state index in [-0.39, 0.29) is 17.8 Å². The quantitative estimate of drug-likeness (QED) is 0.666. The molecule has 26 heavy (non-hydrogen) atoms. The molecule has 3 rings (SSSR count). The highest BCUT2D eigenvalue weighted by Gasteiger charge is 2.24. The fourth-order valence-electron chi connectivity index (χ4n) is 3.09. The summed E-state index contributed by atoms with van der Waals surface area (Å²) >= 11 is 3.31. The van der Waals surface area contributed by atoms with Crippen molar-refractivity contribution in [2.24, 2.45) is 0 Å². The lowest BCUT2D eigenvalue weighted by molar-refractivity contribution is -0.136. The number of carbonyl (C=O) groups excluding carboxylic acids is 1. The number of hydrogen-bond acceptors (Lipinski definition) is 3. The van der Waals surface area contributed by atoms with Crippen LogP contribution >= 0.6 is 15.9 Å². The van der Waals surface area contributed by atoms with Crippen molar-refractivity contribution < 1.29 is 24.2 Å². The Balaban J connectivity index is 2.32. The number of rotatable bonds is 4. The summed E-state index contributed by atoms with van der Waals surface area (Å²) in [5, 5.41) is 19.3. The van der Waals surface area contributed by atoms with E-state index in [2.05, 4.69) is 15.9 Å². The Kier molecular flexibility index (Phi) is 4.82. The number of nitrogens with zero attached hydrogens (tertiary/aromatic N) is 1. The number of aromatic hydroxyl groups is 1. The first-order valence-electron chi connectivity index (χ1n) is 7.90. The van der Waals surface area contributed by atoms with Gasteiger partial charge in [-0.2, -0.15) is 0 Å². The van der Waals surface area contributed by atoms with Gasteiger partial charge in [0, 0.05) is 27.2 Å². The number of aromatic nitrogens is 1. The van der Waals surface area contributed by atoms with Crippen LogP contribution in [-0.2, 0) is 17.6 Å². The molecule has 134 valence electrons. The molecule has 0 fully saturated rings. The van der Waals surface area contributed by atoms with Crippen LogP contribution in [0.3, 0.4) is 0 Å². The summed E-state index contributed by atoms with van der Waals surface area (Å²) in [5.74, 6) is -2.91. The van der Waals surface area contributed by atoms with E-state index in [1.165, 1.54) is 10.6 Å². The summed E-state index contributed by atoms with van der Waals surface area (Å²) < 4.78 is 16.1. The summed E-state index contributed by atoms with van der Waals surface area (Å²) in [7, 11) is 0. The molecule has 5 nitrogen and oxygen atoms in total. The topological polar surface area (TPSA) is 79.5 Å². The number of halogens is 2. The van der Waals surface area contributed by atoms with E-state index in [1.807, 2.05) is 0 Å². The molecule has 7 heteroatoms. The highest BCUT2D eigenvalue weighted by atomic mass is 79.9. The molecule has 0 aliphatic rings. The van der Waals surface area contributed by atoms with Gasteiger partial charge in [-0.1, -0.05) is 22.9 Å². The molecule has 1 heterocycles. The zero-order valence-electron chi connectivity index (χ0n) is 13.8. The van der Waals surface area contributed by atoms with Crippen LogP contribution in [0.15, 0.2) is 40.9 Å². The molecule has 0 saturated heterocycles. The van der Waals surface area contributed by atoms with Crippen LogP contribution < -0.4 is 0 Å². The van der Waals surface area contributed by atoms with Gasteiger partial charge in [0.2, 0.25) is 0 Å². The minimum atomic E-state index is -1.07. The third-order valence-electron chi connectivity index (χ3n) is 4.21. The van der Waals surface area contributed by atoms with Gasteiger partial charge < -0.3 is 10.2 Å². The molecule has 3 aromatic rings. The number of carbonyl (C=O) groups is 2. The first kappa shape index (κ1) is 18.1. The number of carboxylic acid groups (broad SMARTS) is 1. The Morgan fingerprint density at radius 3 is 2.42 bits per heavy atom. The molecule has 0 bridgehead atoms. The lowest BCUT2D eigenvalue weighted by atomic mass is 10.1. The van der Waals surface area contributed by atoms with E-state index in [0.717, 1.165) is 10.5 Å². The van der Waals surface area contributed by atoms with Crippen molar-refractivity contribution >= 4 is 38.7 Å². The lowest BCUT2D eigenvalue weighted by Gasteiger charge is -2.09. The number of aliphatic carboxylic acids is 1. The molecular formula is C19H15BrFNO4. The molecular weight excluding hydrogens is 405 g/mol. The molecule has 0 saturated carbocycles. The summed E-state index contributed by atoms with van der Waals surface area (Å²) in [6, 6.07) is 8.93. The van der Waals surface area contributed by atoms with Crippen molar-refractivity contribution in [1.82, 2.24) is 4.57 Å². The van der Waals surface area contributed by atoms with Gasteiger partial charge in [-0.25, -0.2) is 4.39 Å². The zero-order chi connectivity index (χ0) is 19.0. The third-order valence-corrected chi connectivity index (χ3v) is 4.74. The Hall–Kier alpha value is -2.67. The number of carboxylic acids is 1.